The lowest BCUT2D eigenvalue weighted by molar-refractivity contribution is 0.0992. The lowest BCUT2D eigenvalue weighted by Crippen LogP contribution is -2.04. The Morgan fingerprint density at radius 3 is 2.58 bits per heavy atom. The van der Waals surface area contributed by atoms with Crippen LogP contribution < -0.4 is 4.74 Å². The maximum atomic E-state index is 12.2. The third-order valence-corrected chi connectivity index (χ3v) is 3.46. The first-order valence-electron chi connectivity index (χ1n) is 6.19. The van der Waals surface area contributed by atoms with E-state index < -0.39 is 0 Å². The Balaban J connectivity index is 2.11. The zero-order valence-electron chi connectivity index (χ0n) is 10.7. The van der Waals surface area contributed by atoms with Gasteiger partial charge in [0.1, 0.15) is 5.75 Å². The monoisotopic (exact) mass is 366 g/mol. The van der Waals surface area contributed by atoms with Crippen LogP contribution in [0.2, 0.25) is 0 Å². The van der Waals surface area contributed by atoms with Gasteiger partial charge in [0.2, 0.25) is 0 Å². The molecule has 2 nitrogen and oxygen atoms in total. The number of hydrogen-bond donors (Lipinski definition) is 0. The van der Waals surface area contributed by atoms with E-state index in [2.05, 4.69) is 22.6 Å². The van der Waals surface area contributed by atoms with Crippen LogP contribution in [0.1, 0.15) is 22.8 Å². The fraction of sp³-hybridized carbons (Fsp3) is 0.188. The summed E-state index contributed by atoms with van der Waals surface area (Å²) in [6.45, 7) is 2.54. The molecule has 3 heteroatoms. The minimum Gasteiger partial charge on any atom is -0.494 e. The molecule has 0 saturated heterocycles. The highest BCUT2D eigenvalue weighted by Crippen LogP contribution is 2.16. The maximum Gasteiger partial charge on any atom is 0.167 e. The van der Waals surface area contributed by atoms with Crippen molar-refractivity contribution in [3.8, 4) is 5.75 Å². The fourth-order valence-electron chi connectivity index (χ4n) is 1.82. The molecule has 0 heterocycles. The van der Waals surface area contributed by atoms with Gasteiger partial charge in [0.15, 0.2) is 5.78 Å². The highest BCUT2D eigenvalue weighted by Gasteiger charge is 2.08. The second kappa shape index (κ2) is 6.70. The summed E-state index contributed by atoms with van der Waals surface area (Å²) in [7, 11) is 0. The number of halogens is 1. The van der Waals surface area contributed by atoms with E-state index in [9.17, 15) is 4.79 Å². The Hall–Kier alpha value is -1.36. The quantitative estimate of drug-likeness (QED) is 0.588. The first-order chi connectivity index (χ1) is 9.19. The van der Waals surface area contributed by atoms with E-state index >= 15 is 0 Å². The van der Waals surface area contributed by atoms with E-state index in [0.717, 1.165) is 11.3 Å². The highest BCUT2D eigenvalue weighted by molar-refractivity contribution is 14.1. The molecule has 0 radical (unpaired) electrons. The average molecular weight is 366 g/mol. The number of benzene rings is 2. The molecule has 0 atom stereocenters. The van der Waals surface area contributed by atoms with Gasteiger partial charge >= 0.3 is 0 Å². The Morgan fingerprint density at radius 1 is 1.16 bits per heavy atom. The SMILES string of the molecule is CCOc1cccc(C(=O)Cc2ccc(I)cc2)c1. The molecular formula is C16H15IO2. The average Bonchev–Trinajstić information content (AvgIpc) is 2.42. The minimum atomic E-state index is 0.114. The third-order valence-electron chi connectivity index (χ3n) is 2.74. The van der Waals surface area contributed by atoms with Gasteiger partial charge in [-0.2, -0.15) is 0 Å². The van der Waals surface area contributed by atoms with Crippen LogP contribution in [0.25, 0.3) is 0 Å². The topological polar surface area (TPSA) is 26.3 Å². The third kappa shape index (κ3) is 4.06. The molecule has 0 aliphatic heterocycles. The van der Waals surface area contributed by atoms with Crippen molar-refractivity contribution in [1.82, 2.24) is 0 Å². The number of ketones is 1. The molecular weight excluding hydrogens is 351 g/mol. The van der Waals surface area contributed by atoms with Crippen LogP contribution in [0.15, 0.2) is 48.5 Å². The molecule has 0 fully saturated rings. The number of rotatable bonds is 5. The summed E-state index contributed by atoms with van der Waals surface area (Å²) < 4.78 is 6.58. The van der Waals surface area contributed by atoms with E-state index in [-0.39, 0.29) is 5.78 Å². The summed E-state index contributed by atoms with van der Waals surface area (Å²) in [5.41, 5.74) is 1.73. The van der Waals surface area contributed by atoms with Crippen LogP contribution in [0.4, 0.5) is 0 Å². The van der Waals surface area contributed by atoms with Gasteiger partial charge in [0, 0.05) is 15.6 Å². The van der Waals surface area contributed by atoms with Gasteiger partial charge in [-0.1, -0.05) is 24.3 Å². The first kappa shape index (κ1) is 14.1. The smallest absolute Gasteiger partial charge is 0.167 e. The summed E-state index contributed by atoms with van der Waals surface area (Å²) in [6, 6.07) is 15.4. The minimum absolute atomic E-state index is 0.114. The summed E-state index contributed by atoms with van der Waals surface area (Å²) >= 11 is 2.25. The van der Waals surface area contributed by atoms with Crippen molar-refractivity contribution in [2.45, 2.75) is 13.3 Å². The molecule has 2 rings (SSSR count). The van der Waals surface area contributed by atoms with Crippen molar-refractivity contribution in [2.24, 2.45) is 0 Å². The molecule has 0 saturated carbocycles. The van der Waals surface area contributed by atoms with Crippen LogP contribution in [0.5, 0.6) is 5.75 Å². The van der Waals surface area contributed by atoms with Crippen molar-refractivity contribution in [3.05, 3.63) is 63.2 Å². The normalized spacial score (nSPS) is 10.2. The molecule has 0 aliphatic carbocycles. The van der Waals surface area contributed by atoms with Crippen LogP contribution in [-0.4, -0.2) is 12.4 Å². The van der Waals surface area contributed by atoms with Gasteiger partial charge in [-0.05, 0) is 59.3 Å². The Bertz CT molecular complexity index is 561. The van der Waals surface area contributed by atoms with E-state index in [1.165, 1.54) is 3.57 Å². The molecule has 2 aromatic carbocycles. The predicted molar refractivity (Wildman–Crippen MR) is 84.8 cm³/mol. The zero-order chi connectivity index (χ0) is 13.7. The maximum absolute atomic E-state index is 12.2. The molecule has 19 heavy (non-hydrogen) atoms. The first-order valence-corrected chi connectivity index (χ1v) is 7.27. The van der Waals surface area contributed by atoms with E-state index in [1.807, 2.05) is 49.4 Å². The second-order valence-electron chi connectivity index (χ2n) is 4.19. The van der Waals surface area contributed by atoms with Gasteiger partial charge in [-0.15, -0.1) is 0 Å². The van der Waals surface area contributed by atoms with Crippen LogP contribution in [0.3, 0.4) is 0 Å². The number of ether oxygens (including phenoxy) is 1. The van der Waals surface area contributed by atoms with E-state index in [4.69, 9.17) is 4.74 Å². The standard InChI is InChI=1S/C16H15IO2/c1-2-19-15-5-3-4-13(11-15)16(18)10-12-6-8-14(17)9-7-12/h3-9,11H,2,10H2,1H3. The lowest BCUT2D eigenvalue weighted by Gasteiger charge is -2.06. The zero-order valence-corrected chi connectivity index (χ0v) is 12.9. The molecule has 0 bridgehead atoms. The number of hydrogen-bond acceptors (Lipinski definition) is 2. The summed E-state index contributed by atoms with van der Waals surface area (Å²) in [4.78, 5) is 12.2. The molecule has 0 N–H and O–H groups in total. The summed E-state index contributed by atoms with van der Waals surface area (Å²) in [5, 5.41) is 0. The fourth-order valence-corrected chi connectivity index (χ4v) is 2.18. The largest absolute Gasteiger partial charge is 0.494 e. The van der Waals surface area contributed by atoms with Crippen molar-refractivity contribution >= 4 is 28.4 Å². The van der Waals surface area contributed by atoms with Gasteiger partial charge in [-0.25, -0.2) is 0 Å². The Labute approximate surface area is 126 Å². The number of carbonyl (C=O) groups excluding carboxylic acids is 1. The number of carbonyl (C=O) groups is 1. The Kier molecular flexibility index (Phi) is 4.96. The van der Waals surface area contributed by atoms with E-state index in [1.54, 1.807) is 6.07 Å². The molecule has 0 amide bonds. The van der Waals surface area contributed by atoms with Gasteiger partial charge < -0.3 is 4.74 Å². The highest BCUT2D eigenvalue weighted by atomic mass is 127. The van der Waals surface area contributed by atoms with Crippen molar-refractivity contribution in [1.29, 1.82) is 0 Å². The summed E-state index contributed by atoms with van der Waals surface area (Å²) in [6.07, 6.45) is 0.423. The predicted octanol–water partition coefficient (Wildman–Crippen LogP) is 4.12. The van der Waals surface area contributed by atoms with Crippen molar-refractivity contribution < 1.29 is 9.53 Å². The van der Waals surface area contributed by atoms with Gasteiger partial charge in [0.05, 0.1) is 6.61 Å². The molecule has 0 spiro atoms. The molecule has 0 aromatic heterocycles. The summed E-state index contributed by atoms with van der Waals surface area (Å²) in [5.74, 6) is 0.860. The molecule has 2 aromatic rings. The van der Waals surface area contributed by atoms with Crippen LogP contribution in [0, 0.1) is 3.57 Å². The molecule has 0 unspecified atom stereocenters. The van der Waals surface area contributed by atoms with Crippen LogP contribution >= 0.6 is 22.6 Å². The van der Waals surface area contributed by atoms with Crippen molar-refractivity contribution in [3.63, 3.8) is 0 Å². The Morgan fingerprint density at radius 2 is 1.89 bits per heavy atom. The second-order valence-corrected chi connectivity index (χ2v) is 5.43. The van der Waals surface area contributed by atoms with Crippen LogP contribution in [-0.2, 0) is 6.42 Å². The van der Waals surface area contributed by atoms with Crippen molar-refractivity contribution in [2.75, 3.05) is 6.61 Å². The molecule has 0 aliphatic rings. The lowest BCUT2D eigenvalue weighted by atomic mass is 10.0. The molecule has 98 valence electrons. The number of Topliss-reactive ketones (excluding diaryl/α,β-unsaturated/α-hetero) is 1. The van der Waals surface area contributed by atoms with Gasteiger partial charge in [0.25, 0.3) is 0 Å². The van der Waals surface area contributed by atoms with E-state index in [0.29, 0.717) is 18.6 Å². The van der Waals surface area contributed by atoms with Gasteiger partial charge in [-0.3, -0.25) is 4.79 Å².